The van der Waals surface area contributed by atoms with Gasteiger partial charge in [-0.3, -0.25) is 0 Å². The quantitative estimate of drug-likeness (QED) is 0.888. The Morgan fingerprint density at radius 3 is 2.63 bits per heavy atom. The van der Waals surface area contributed by atoms with Gasteiger partial charge in [0.05, 0.1) is 18.7 Å². The fourth-order valence-electron chi connectivity index (χ4n) is 1.84. The van der Waals surface area contributed by atoms with Crippen molar-refractivity contribution in [3.05, 3.63) is 59.7 Å². The van der Waals surface area contributed by atoms with Crippen molar-refractivity contribution in [3.8, 4) is 11.8 Å². The third kappa shape index (κ3) is 3.75. The van der Waals surface area contributed by atoms with Crippen LogP contribution in [0.1, 0.15) is 11.1 Å². The molecule has 0 aliphatic heterocycles. The molecule has 0 aliphatic rings. The van der Waals surface area contributed by atoms with Crippen molar-refractivity contribution in [2.45, 2.75) is 6.42 Å². The van der Waals surface area contributed by atoms with Crippen LogP contribution in [-0.4, -0.2) is 13.7 Å². The summed E-state index contributed by atoms with van der Waals surface area (Å²) in [5.41, 5.74) is 2.91. The molecule has 0 radical (unpaired) electrons. The summed E-state index contributed by atoms with van der Waals surface area (Å²) in [6.45, 7) is 0.835. The summed E-state index contributed by atoms with van der Waals surface area (Å²) in [5, 5.41) is 12.1. The smallest absolute Gasteiger partial charge is 0.118 e. The Morgan fingerprint density at radius 2 is 1.95 bits per heavy atom. The van der Waals surface area contributed by atoms with E-state index in [9.17, 15) is 0 Å². The van der Waals surface area contributed by atoms with Crippen molar-refractivity contribution in [1.29, 1.82) is 5.26 Å². The molecule has 0 saturated carbocycles. The number of benzene rings is 2. The minimum absolute atomic E-state index is 0.675. The topological polar surface area (TPSA) is 45.0 Å². The van der Waals surface area contributed by atoms with Gasteiger partial charge in [0, 0.05) is 12.2 Å². The van der Waals surface area contributed by atoms with Gasteiger partial charge in [-0.2, -0.15) is 5.26 Å². The number of hydrogen-bond donors (Lipinski definition) is 1. The van der Waals surface area contributed by atoms with E-state index in [-0.39, 0.29) is 0 Å². The first-order valence-electron chi connectivity index (χ1n) is 6.19. The van der Waals surface area contributed by atoms with Crippen LogP contribution in [0.4, 0.5) is 5.69 Å². The molecule has 2 aromatic carbocycles. The summed E-state index contributed by atoms with van der Waals surface area (Å²) in [6, 6.07) is 17.7. The molecule has 2 rings (SSSR count). The van der Waals surface area contributed by atoms with Gasteiger partial charge in [0.15, 0.2) is 0 Å². The van der Waals surface area contributed by atoms with Crippen LogP contribution in [0, 0.1) is 11.3 Å². The first-order chi connectivity index (χ1) is 9.31. The average molecular weight is 252 g/mol. The second kappa shape index (κ2) is 6.46. The van der Waals surface area contributed by atoms with Crippen molar-refractivity contribution in [1.82, 2.24) is 0 Å². The van der Waals surface area contributed by atoms with Crippen molar-refractivity contribution in [2.24, 2.45) is 0 Å². The summed E-state index contributed by atoms with van der Waals surface area (Å²) in [7, 11) is 1.67. The first-order valence-corrected chi connectivity index (χ1v) is 6.19. The van der Waals surface area contributed by atoms with E-state index >= 15 is 0 Å². The van der Waals surface area contributed by atoms with Gasteiger partial charge in [-0.1, -0.05) is 18.2 Å². The predicted molar refractivity (Wildman–Crippen MR) is 76.3 cm³/mol. The van der Waals surface area contributed by atoms with E-state index in [2.05, 4.69) is 23.5 Å². The van der Waals surface area contributed by atoms with Crippen molar-refractivity contribution in [2.75, 3.05) is 19.0 Å². The Bertz CT molecular complexity index is 570. The standard InChI is InChI=1S/C16H16N2O/c1-19-16-7-5-13(6-8-16)9-10-18-15-4-2-3-14(11-15)12-17/h2-8,11,18H,9-10H2,1H3. The lowest BCUT2D eigenvalue weighted by molar-refractivity contribution is 0.414. The molecule has 0 atom stereocenters. The second-order valence-corrected chi connectivity index (χ2v) is 4.22. The molecule has 0 bridgehead atoms. The van der Waals surface area contributed by atoms with Crippen LogP contribution in [0.25, 0.3) is 0 Å². The average Bonchev–Trinajstić information content (AvgIpc) is 2.48. The zero-order valence-electron chi connectivity index (χ0n) is 10.9. The van der Waals surface area contributed by atoms with Crippen LogP contribution in [0.15, 0.2) is 48.5 Å². The van der Waals surface area contributed by atoms with Gasteiger partial charge in [-0.25, -0.2) is 0 Å². The fraction of sp³-hybridized carbons (Fsp3) is 0.188. The number of nitriles is 1. The molecule has 0 aliphatic carbocycles. The van der Waals surface area contributed by atoms with E-state index in [0.717, 1.165) is 24.4 Å². The molecule has 0 spiro atoms. The van der Waals surface area contributed by atoms with Crippen LogP contribution in [-0.2, 0) is 6.42 Å². The lowest BCUT2D eigenvalue weighted by Gasteiger charge is -2.07. The number of rotatable bonds is 5. The van der Waals surface area contributed by atoms with Gasteiger partial charge in [-0.15, -0.1) is 0 Å². The Morgan fingerprint density at radius 1 is 1.16 bits per heavy atom. The number of ether oxygens (including phenoxy) is 1. The number of hydrogen-bond acceptors (Lipinski definition) is 3. The minimum Gasteiger partial charge on any atom is -0.497 e. The normalized spacial score (nSPS) is 9.68. The van der Waals surface area contributed by atoms with E-state index in [1.807, 2.05) is 30.3 Å². The summed E-state index contributed by atoms with van der Waals surface area (Å²) in [6.07, 6.45) is 0.931. The van der Waals surface area contributed by atoms with Crippen LogP contribution < -0.4 is 10.1 Å². The molecule has 0 heterocycles. The zero-order valence-corrected chi connectivity index (χ0v) is 10.9. The summed E-state index contributed by atoms with van der Waals surface area (Å²) in [5.74, 6) is 0.874. The molecule has 3 nitrogen and oxygen atoms in total. The zero-order chi connectivity index (χ0) is 13.5. The lowest BCUT2D eigenvalue weighted by Crippen LogP contribution is -2.04. The minimum atomic E-state index is 0.675. The maximum atomic E-state index is 8.83. The molecular weight excluding hydrogens is 236 g/mol. The van der Waals surface area contributed by atoms with Crippen LogP contribution in [0.3, 0.4) is 0 Å². The maximum absolute atomic E-state index is 8.83. The van der Waals surface area contributed by atoms with Gasteiger partial charge in [-0.05, 0) is 42.3 Å². The van der Waals surface area contributed by atoms with Crippen LogP contribution >= 0.6 is 0 Å². The molecule has 0 saturated heterocycles. The summed E-state index contributed by atoms with van der Waals surface area (Å²) >= 11 is 0. The van der Waals surface area contributed by atoms with E-state index in [1.165, 1.54) is 5.56 Å². The van der Waals surface area contributed by atoms with Gasteiger partial charge in [0.2, 0.25) is 0 Å². The Kier molecular flexibility index (Phi) is 4.41. The second-order valence-electron chi connectivity index (χ2n) is 4.22. The van der Waals surface area contributed by atoms with Gasteiger partial charge < -0.3 is 10.1 Å². The number of methoxy groups -OCH3 is 1. The SMILES string of the molecule is COc1ccc(CCNc2cccc(C#N)c2)cc1. The third-order valence-electron chi connectivity index (χ3n) is 2.89. The number of nitrogens with zero attached hydrogens (tertiary/aromatic N) is 1. The number of nitrogens with one attached hydrogen (secondary N) is 1. The predicted octanol–water partition coefficient (Wildman–Crippen LogP) is 3.22. The highest BCUT2D eigenvalue weighted by Gasteiger charge is 1.97. The lowest BCUT2D eigenvalue weighted by atomic mass is 10.1. The Balaban J connectivity index is 1.87. The van der Waals surface area contributed by atoms with Crippen molar-refractivity contribution in [3.63, 3.8) is 0 Å². The Hall–Kier alpha value is -2.47. The van der Waals surface area contributed by atoms with Gasteiger partial charge in [0.1, 0.15) is 5.75 Å². The maximum Gasteiger partial charge on any atom is 0.118 e. The summed E-state index contributed by atoms with van der Waals surface area (Å²) < 4.78 is 5.12. The third-order valence-corrected chi connectivity index (χ3v) is 2.89. The highest BCUT2D eigenvalue weighted by molar-refractivity contribution is 5.49. The molecule has 0 aromatic heterocycles. The van der Waals surface area contributed by atoms with Crippen LogP contribution in [0.5, 0.6) is 5.75 Å². The summed E-state index contributed by atoms with van der Waals surface area (Å²) in [4.78, 5) is 0. The van der Waals surface area contributed by atoms with Crippen LogP contribution in [0.2, 0.25) is 0 Å². The molecule has 0 amide bonds. The highest BCUT2D eigenvalue weighted by atomic mass is 16.5. The molecule has 0 unspecified atom stereocenters. The molecular formula is C16H16N2O. The van der Waals surface area contributed by atoms with E-state index in [0.29, 0.717) is 5.56 Å². The molecule has 0 fully saturated rings. The van der Waals surface area contributed by atoms with E-state index in [1.54, 1.807) is 13.2 Å². The Labute approximate surface area is 113 Å². The molecule has 2 aromatic rings. The van der Waals surface area contributed by atoms with Crippen molar-refractivity contribution < 1.29 is 4.74 Å². The largest absolute Gasteiger partial charge is 0.497 e. The molecule has 19 heavy (non-hydrogen) atoms. The number of anilines is 1. The first kappa shape index (κ1) is 13.0. The highest BCUT2D eigenvalue weighted by Crippen LogP contribution is 2.13. The van der Waals surface area contributed by atoms with E-state index < -0.39 is 0 Å². The monoisotopic (exact) mass is 252 g/mol. The van der Waals surface area contributed by atoms with Gasteiger partial charge >= 0.3 is 0 Å². The van der Waals surface area contributed by atoms with Gasteiger partial charge in [0.25, 0.3) is 0 Å². The van der Waals surface area contributed by atoms with Crippen molar-refractivity contribution >= 4 is 5.69 Å². The molecule has 96 valence electrons. The molecule has 1 N–H and O–H groups in total. The fourth-order valence-corrected chi connectivity index (χ4v) is 1.84. The van der Waals surface area contributed by atoms with E-state index in [4.69, 9.17) is 10.00 Å². The molecule has 3 heteroatoms.